The van der Waals surface area contributed by atoms with Crippen molar-refractivity contribution in [2.24, 2.45) is 0 Å². The van der Waals surface area contributed by atoms with Crippen molar-refractivity contribution in [1.82, 2.24) is 25.1 Å². The van der Waals surface area contributed by atoms with Crippen LogP contribution in [0.4, 0.5) is 5.95 Å². The summed E-state index contributed by atoms with van der Waals surface area (Å²) in [4.78, 5) is 46.2. The average molecular weight is 573 g/mol. The molecule has 2 aliphatic rings. The minimum absolute atomic E-state index is 0.0935. The first-order valence-electron chi connectivity index (χ1n) is 13.9. The van der Waals surface area contributed by atoms with Crippen LogP contribution < -0.4 is 10.6 Å². The van der Waals surface area contributed by atoms with E-state index in [0.717, 1.165) is 56.4 Å². The molecule has 2 amide bonds. The Kier molecular flexibility index (Phi) is 12.3. The maximum atomic E-state index is 12.5. The Morgan fingerprint density at radius 1 is 1.30 bits per heavy atom. The molecule has 218 valence electrons. The molecule has 1 saturated heterocycles. The van der Waals surface area contributed by atoms with E-state index in [1.54, 1.807) is 24.1 Å². The number of nitrogens with zero attached hydrogens (tertiary/aromatic N) is 4. The summed E-state index contributed by atoms with van der Waals surface area (Å²) < 4.78 is 5.37. The Hall–Kier alpha value is -3.08. The maximum absolute atomic E-state index is 12.5. The van der Waals surface area contributed by atoms with Crippen molar-refractivity contribution in [3.63, 3.8) is 0 Å². The molecule has 4 rings (SSSR count). The van der Waals surface area contributed by atoms with Crippen LogP contribution in [0.5, 0.6) is 0 Å². The van der Waals surface area contributed by atoms with Crippen molar-refractivity contribution in [2.45, 2.75) is 64.6 Å². The lowest BCUT2D eigenvalue weighted by atomic mass is 10.0. The second-order valence-corrected chi connectivity index (χ2v) is 10.7. The highest BCUT2D eigenvalue weighted by Gasteiger charge is 2.27. The highest BCUT2D eigenvalue weighted by molar-refractivity contribution is 6.33. The predicted octanol–water partition coefficient (Wildman–Crippen LogP) is 3.79. The molecule has 2 N–H and O–H groups in total. The number of anilines is 1. The topological polar surface area (TPSA) is 117 Å². The van der Waals surface area contributed by atoms with E-state index < -0.39 is 0 Å². The second-order valence-electron chi connectivity index (χ2n) is 10.3. The molecule has 0 radical (unpaired) electrons. The Morgan fingerprint density at radius 2 is 2.05 bits per heavy atom. The molecule has 1 fully saturated rings. The standard InChI is InChI=1S/C19H19ClN4O3.C10H22N2O/c20-16-10-21-19(22-14-3-7-27-8-4-14)23-17(16)12-1-2-13-11-24(5-6-25)18(26)15(13)9-12;1-9(11-3)7-5-6-8-12(4)10(2)13/h1-2,6,9-10,14H,3-5,7-8,11H2,(H,21,22,23);9,11H,5-8H2,1-4H3. The van der Waals surface area contributed by atoms with Crippen LogP contribution in [-0.2, 0) is 20.9 Å². The van der Waals surface area contributed by atoms with E-state index in [-0.39, 0.29) is 24.4 Å². The van der Waals surface area contributed by atoms with Crippen molar-refractivity contribution >= 4 is 35.6 Å². The number of hydrogen-bond donors (Lipinski definition) is 2. The monoisotopic (exact) mass is 572 g/mol. The third kappa shape index (κ3) is 8.97. The lowest BCUT2D eigenvalue weighted by molar-refractivity contribution is -0.127. The molecule has 1 aromatic carbocycles. The van der Waals surface area contributed by atoms with Gasteiger partial charge >= 0.3 is 0 Å². The van der Waals surface area contributed by atoms with Gasteiger partial charge in [-0.3, -0.25) is 9.59 Å². The number of carbonyl (C=O) groups is 3. The minimum atomic E-state index is -0.148. The van der Waals surface area contributed by atoms with E-state index >= 15 is 0 Å². The Balaban J connectivity index is 0.000000289. The molecule has 2 aliphatic heterocycles. The number of carbonyl (C=O) groups excluding carboxylic acids is 3. The van der Waals surface area contributed by atoms with E-state index in [1.807, 2.05) is 26.2 Å². The number of benzene rings is 1. The Labute approximate surface area is 241 Å². The van der Waals surface area contributed by atoms with E-state index in [4.69, 9.17) is 16.3 Å². The number of aromatic nitrogens is 2. The number of unbranched alkanes of at least 4 members (excludes halogenated alkanes) is 1. The van der Waals surface area contributed by atoms with Crippen LogP contribution in [0.2, 0.25) is 5.02 Å². The van der Waals surface area contributed by atoms with E-state index in [9.17, 15) is 14.4 Å². The van der Waals surface area contributed by atoms with Gasteiger partial charge in [0.05, 0.1) is 23.5 Å². The van der Waals surface area contributed by atoms with Gasteiger partial charge in [-0.1, -0.05) is 30.2 Å². The number of amides is 2. The molecule has 1 unspecified atom stereocenters. The van der Waals surface area contributed by atoms with Gasteiger partial charge in [0.25, 0.3) is 5.91 Å². The van der Waals surface area contributed by atoms with Crippen molar-refractivity contribution < 1.29 is 19.1 Å². The Bertz CT molecular complexity index is 1160. The summed E-state index contributed by atoms with van der Waals surface area (Å²) in [6, 6.07) is 6.42. The van der Waals surface area contributed by atoms with Gasteiger partial charge in [0, 0.05) is 63.5 Å². The number of ether oxygens (including phenoxy) is 1. The third-order valence-electron chi connectivity index (χ3n) is 7.27. The summed E-state index contributed by atoms with van der Waals surface area (Å²) in [5, 5.41) is 6.94. The molecule has 40 heavy (non-hydrogen) atoms. The second kappa shape index (κ2) is 15.6. The molecule has 0 spiro atoms. The fourth-order valence-corrected chi connectivity index (χ4v) is 4.71. The highest BCUT2D eigenvalue weighted by Crippen LogP contribution is 2.31. The molecule has 3 heterocycles. The van der Waals surface area contributed by atoms with Crippen LogP contribution in [0, 0.1) is 0 Å². The molecular formula is C29H41ClN6O4. The summed E-state index contributed by atoms with van der Waals surface area (Å²) in [6.07, 6.45) is 7.58. The maximum Gasteiger partial charge on any atom is 0.254 e. The number of aldehydes is 1. The molecule has 1 atom stereocenters. The number of fused-ring (bicyclic) bond motifs is 1. The molecule has 10 nitrogen and oxygen atoms in total. The summed E-state index contributed by atoms with van der Waals surface area (Å²) in [7, 11) is 3.83. The highest BCUT2D eigenvalue weighted by atomic mass is 35.5. The summed E-state index contributed by atoms with van der Waals surface area (Å²) in [6.45, 7) is 6.65. The zero-order chi connectivity index (χ0) is 29.1. The third-order valence-corrected chi connectivity index (χ3v) is 7.54. The molecule has 2 aromatic rings. The van der Waals surface area contributed by atoms with Crippen LogP contribution >= 0.6 is 11.6 Å². The van der Waals surface area contributed by atoms with Crippen LogP contribution in [0.15, 0.2) is 24.4 Å². The van der Waals surface area contributed by atoms with E-state index in [0.29, 0.717) is 34.8 Å². The molecule has 0 bridgehead atoms. The SMILES string of the molecule is CNC(C)CCCCN(C)C(C)=O.O=CCN1Cc2ccc(-c3nc(NC4CCOCC4)ncc3Cl)cc2C1=O. The van der Waals surface area contributed by atoms with Gasteiger partial charge in [0.1, 0.15) is 6.29 Å². The average Bonchev–Trinajstić information content (AvgIpc) is 3.27. The number of halogens is 1. The number of hydrogen-bond acceptors (Lipinski definition) is 8. The molecule has 1 aromatic heterocycles. The van der Waals surface area contributed by atoms with E-state index in [1.165, 1.54) is 17.7 Å². The van der Waals surface area contributed by atoms with Crippen LogP contribution in [0.25, 0.3) is 11.3 Å². The first kappa shape index (κ1) is 31.4. The molecule has 0 saturated carbocycles. The fraction of sp³-hybridized carbons (Fsp3) is 0.552. The normalized spacial score (nSPS) is 15.6. The van der Waals surface area contributed by atoms with Crippen LogP contribution in [-0.4, -0.2) is 90.4 Å². The quantitative estimate of drug-likeness (QED) is 0.309. The first-order valence-corrected chi connectivity index (χ1v) is 14.2. The van der Waals surface area contributed by atoms with Crippen molar-refractivity contribution in [1.29, 1.82) is 0 Å². The van der Waals surface area contributed by atoms with Gasteiger partial charge in [-0.15, -0.1) is 0 Å². The lowest BCUT2D eigenvalue weighted by Crippen LogP contribution is -2.28. The zero-order valence-electron chi connectivity index (χ0n) is 23.9. The van der Waals surface area contributed by atoms with Gasteiger partial charge in [-0.25, -0.2) is 9.97 Å². The molecule has 11 heteroatoms. The van der Waals surface area contributed by atoms with Crippen molar-refractivity contribution in [3.8, 4) is 11.3 Å². The number of rotatable bonds is 11. The van der Waals surface area contributed by atoms with Crippen LogP contribution in [0.1, 0.15) is 61.9 Å². The lowest BCUT2D eigenvalue weighted by Gasteiger charge is -2.23. The van der Waals surface area contributed by atoms with Gasteiger partial charge < -0.3 is 30.0 Å². The van der Waals surface area contributed by atoms with E-state index in [2.05, 4.69) is 27.5 Å². The summed E-state index contributed by atoms with van der Waals surface area (Å²) >= 11 is 6.32. The minimum Gasteiger partial charge on any atom is -0.381 e. The predicted molar refractivity (Wildman–Crippen MR) is 156 cm³/mol. The van der Waals surface area contributed by atoms with Crippen molar-refractivity contribution in [2.75, 3.05) is 45.7 Å². The molecule has 0 aliphatic carbocycles. The van der Waals surface area contributed by atoms with Gasteiger partial charge in [-0.2, -0.15) is 0 Å². The largest absolute Gasteiger partial charge is 0.381 e. The Morgan fingerprint density at radius 3 is 2.73 bits per heavy atom. The van der Waals surface area contributed by atoms with Crippen LogP contribution in [0.3, 0.4) is 0 Å². The van der Waals surface area contributed by atoms with Gasteiger partial charge in [0.15, 0.2) is 0 Å². The van der Waals surface area contributed by atoms with Gasteiger partial charge in [0.2, 0.25) is 11.9 Å². The fourth-order valence-electron chi connectivity index (χ4n) is 4.51. The van der Waals surface area contributed by atoms with Gasteiger partial charge in [-0.05, 0) is 51.3 Å². The van der Waals surface area contributed by atoms with Crippen molar-refractivity contribution in [3.05, 3.63) is 40.5 Å². The first-order chi connectivity index (χ1) is 19.2. The summed E-state index contributed by atoms with van der Waals surface area (Å²) in [5.41, 5.74) is 2.81. The number of nitrogens with one attached hydrogen (secondary N) is 2. The summed E-state index contributed by atoms with van der Waals surface area (Å²) in [5.74, 6) is 0.516. The molecular weight excluding hydrogens is 532 g/mol. The smallest absolute Gasteiger partial charge is 0.254 e. The zero-order valence-corrected chi connectivity index (χ0v) is 24.7.